The molecule has 0 heterocycles. The van der Waals surface area contributed by atoms with Crippen molar-refractivity contribution in [3.63, 3.8) is 0 Å². The maximum Gasteiger partial charge on any atom is 0.312 e. The number of rotatable bonds is 6. The molecule has 104 valence electrons. The van der Waals surface area contributed by atoms with Gasteiger partial charge in [-0.25, -0.2) is 0 Å². The molecule has 0 aliphatic carbocycles. The number of hydrogen-bond donors (Lipinski definition) is 2. The van der Waals surface area contributed by atoms with Crippen LogP contribution in [0.3, 0.4) is 0 Å². The number of amides is 1. The minimum absolute atomic E-state index is 0.0279. The molecule has 7 heteroatoms. The van der Waals surface area contributed by atoms with Crippen LogP contribution >= 0.6 is 0 Å². The number of aromatic hydroxyl groups is 1. The first kappa shape index (κ1) is 14.9. The van der Waals surface area contributed by atoms with Crippen molar-refractivity contribution >= 4 is 17.3 Å². The molecule has 0 radical (unpaired) electrons. The number of carbonyl (C=O) groups is 1. The lowest BCUT2D eigenvalue weighted by atomic mass is 10.2. The quantitative estimate of drug-likeness (QED) is 0.467. The van der Waals surface area contributed by atoms with Crippen LogP contribution in [0.2, 0.25) is 0 Å². The number of carbonyl (C=O) groups excluding carboxylic acids is 1. The second-order valence-electron chi connectivity index (χ2n) is 4.09. The van der Waals surface area contributed by atoms with Gasteiger partial charge in [0.2, 0.25) is 5.91 Å². The molecule has 7 nitrogen and oxygen atoms in total. The Kier molecular flexibility index (Phi) is 5.25. The summed E-state index contributed by atoms with van der Waals surface area (Å²) in [5, 5.41) is 22.4. The van der Waals surface area contributed by atoms with E-state index >= 15 is 0 Å². The second kappa shape index (κ2) is 6.69. The molecular weight excluding hydrogens is 252 g/mol. The highest BCUT2D eigenvalue weighted by Crippen LogP contribution is 2.28. The maximum absolute atomic E-state index is 11.6. The van der Waals surface area contributed by atoms with Crippen molar-refractivity contribution in [3.8, 4) is 5.75 Å². The monoisotopic (exact) mass is 268 g/mol. The molecule has 0 spiro atoms. The van der Waals surface area contributed by atoms with Crippen LogP contribution < -0.4 is 5.32 Å². The minimum Gasteiger partial charge on any atom is -0.502 e. The maximum atomic E-state index is 11.6. The van der Waals surface area contributed by atoms with Crippen molar-refractivity contribution in [1.82, 2.24) is 0 Å². The number of benzene rings is 1. The summed E-state index contributed by atoms with van der Waals surface area (Å²) in [5.74, 6) is -0.695. The highest BCUT2D eigenvalue weighted by molar-refractivity contribution is 5.91. The van der Waals surface area contributed by atoms with Crippen LogP contribution in [-0.2, 0) is 9.53 Å². The number of nitro groups is 1. The van der Waals surface area contributed by atoms with Crippen molar-refractivity contribution in [2.24, 2.45) is 0 Å². The fourth-order valence-corrected chi connectivity index (χ4v) is 1.42. The molecule has 2 N–H and O–H groups in total. The van der Waals surface area contributed by atoms with Gasteiger partial charge in [-0.05, 0) is 25.5 Å². The number of nitrogens with zero attached hydrogens (tertiary/aromatic N) is 1. The van der Waals surface area contributed by atoms with Gasteiger partial charge in [-0.3, -0.25) is 14.9 Å². The molecule has 0 aliphatic heterocycles. The van der Waals surface area contributed by atoms with Crippen LogP contribution in [0, 0.1) is 10.1 Å². The molecule has 1 unspecified atom stereocenters. The third kappa shape index (κ3) is 4.55. The highest BCUT2D eigenvalue weighted by atomic mass is 16.6. The number of anilines is 1. The summed E-state index contributed by atoms with van der Waals surface area (Å²) in [6, 6.07) is 3.69. The van der Waals surface area contributed by atoms with Gasteiger partial charge in [0.05, 0.1) is 11.0 Å². The van der Waals surface area contributed by atoms with Crippen molar-refractivity contribution in [1.29, 1.82) is 0 Å². The van der Waals surface area contributed by atoms with E-state index in [2.05, 4.69) is 5.32 Å². The number of nitrogens with one attached hydrogen (secondary N) is 1. The number of hydrogen-bond acceptors (Lipinski definition) is 5. The van der Waals surface area contributed by atoms with E-state index in [1.807, 2.05) is 6.92 Å². The van der Waals surface area contributed by atoms with Gasteiger partial charge in [-0.2, -0.15) is 0 Å². The first-order valence-corrected chi connectivity index (χ1v) is 5.74. The van der Waals surface area contributed by atoms with E-state index < -0.39 is 16.4 Å². The second-order valence-corrected chi connectivity index (χ2v) is 4.09. The average molecular weight is 268 g/mol. The lowest BCUT2D eigenvalue weighted by Crippen LogP contribution is -2.15. The normalized spacial score (nSPS) is 11.9. The molecule has 1 aromatic rings. The Balaban J connectivity index is 2.64. The molecule has 0 aromatic heterocycles. The molecule has 0 saturated carbocycles. The largest absolute Gasteiger partial charge is 0.502 e. The third-order valence-electron chi connectivity index (χ3n) is 2.64. The summed E-state index contributed by atoms with van der Waals surface area (Å²) in [5.41, 5.74) is -0.164. The summed E-state index contributed by atoms with van der Waals surface area (Å²) < 4.78 is 5.01. The van der Waals surface area contributed by atoms with Gasteiger partial charge in [0, 0.05) is 25.3 Å². The molecule has 0 saturated heterocycles. The molecule has 0 fully saturated rings. The predicted molar refractivity (Wildman–Crippen MR) is 69.1 cm³/mol. The molecule has 19 heavy (non-hydrogen) atoms. The van der Waals surface area contributed by atoms with Crippen LogP contribution in [0.1, 0.15) is 19.8 Å². The molecular formula is C12H16N2O5. The van der Waals surface area contributed by atoms with Gasteiger partial charge in [-0.1, -0.05) is 0 Å². The Morgan fingerprint density at radius 2 is 2.26 bits per heavy atom. The van der Waals surface area contributed by atoms with Gasteiger partial charge >= 0.3 is 5.69 Å². The molecule has 1 atom stereocenters. The fourth-order valence-electron chi connectivity index (χ4n) is 1.42. The first-order chi connectivity index (χ1) is 8.93. The highest BCUT2D eigenvalue weighted by Gasteiger charge is 2.14. The Hall–Kier alpha value is -2.15. The minimum atomic E-state index is -0.710. The number of methoxy groups -OCH3 is 1. The van der Waals surface area contributed by atoms with Crippen molar-refractivity contribution < 1.29 is 19.6 Å². The number of phenolic OH excluding ortho intramolecular Hbond substituents is 1. The first-order valence-electron chi connectivity index (χ1n) is 5.74. The van der Waals surface area contributed by atoms with E-state index in [0.717, 1.165) is 6.07 Å². The summed E-state index contributed by atoms with van der Waals surface area (Å²) >= 11 is 0. The van der Waals surface area contributed by atoms with Crippen molar-refractivity contribution in [3.05, 3.63) is 28.3 Å². The van der Waals surface area contributed by atoms with E-state index in [0.29, 0.717) is 6.42 Å². The summed E-state index contributed by atoms with van der Waals surface area (Å²) in [6.45, 7) is 1.85. The van der Waals surface area contributed by atoms with E-state index in [1.165, 1.54) is 12.1 Å². The average Bonchev–Trinajstić information content (AvgIpc) is 2.37. The van der Waals surface area contributed by atoms with Gasteiger partial charge in [0.1, 0.15) is 0 Å². The van der Waals surface area contributed by atoms with Crippen LogP contribution in [0.4, 0.5) is 11.4 Å². The zero-order chi connectivity index (χ0) is 14.4. The molecule has 0 bridgehead atoms. The SMILES string of the molecule is COC(C)CCC(=O)Nc1ccc(O)c([N+](=O)[O-])c1. The predicted octanol–water partition coefficient (Wildman–Crippen LogP) is 2.05. The Bertz CT molecular complexity index is 475. The number of nitro benzene ring substituents is 1. The van der Waals surface area contributed by atoms with Crippen LogP contribution in [0.25, 0.3) is 0 Å². The lowest BCUT2D eigenvalue weighted by Gasteiger charge is -2.09. The van der Waals surface area contributed by atoms with E-state index in [1.54, 1.807) is 7.11 Å². The standard InChI is InChI=1S/C12H16N2O5/c1-8(19-2)3-6-12(16)13-9-4-5-11(15)10(7-9)14(17)18/h4-5,7-8,15H,3,6H2,1-2H3,(H,13,16). The van der Waals surface area contributed by atoms with Gasteiger partial charge < -0.3 is 15.2 Å². The number of ether oxygens (including phenoxy) is 1. The van der Waals surface area contributed by atoms with E-state index in [4.69, 9.17) is 4.74 Å². The van der Waals surface area contributed by atoms with Crippen LogP contribution in [-0.4, -0.2) is 29.2 Å². The Morgan fingerprint density at radius 3 is 2.84 bits per heavy atom. The van der Waals surface area contributed by atoms with Gasteiger partial charge in [-0.15, -0.1) is 0 Å². The van der Waals surface area contributed by atoms with Crippen molar-refractivity contribution in [2.45, 2.75) is 25.9 Å². The van der Waals surface area contributed by atoms with E-state index in [9.17, 15) is 20.0 Å². The summed E-state index contributed by atoms with van der Waals surface area (Å²) in [6.07, 6.45) is 0.784. The van der Waals surface area contributed by atoms with Crippen molar-refractivity contribution in [2.75, 3.05) is 12.4 Å². The number of phenols is 1. The summed E-state index contributed by atoms with van der Waals surface area (Å²) in [7, 11) is 1.56. The van der Waals surface area contributed by atoms with E-state index in [-0.39, 0.29) is 24.1 Å². The van der Waals surface area contributed by atoms with Crippen LogP contribution in [0.5, 0.6) is 5.75 Å². The molecule has 1 rings (SSSR count). The fraction of sp³-hybridized carbons (Fsp3) is 0.417. The smallest absolute Gasteiger partial charge is 0.312 e. The topological polar surface area (TPSA) is 102 Å². The lowest BCUT2D eigenvalue weighted by molar-refractivity contribution is -0.385. The van der Waals surface area contributed by atoms with Gasteiger partial charge in [0.15, 0.2) is 5.75 Å². The zero-order valence-electron chi connectivity index (χ0n) is 10.8. The van der Waals surface area contributed by atoms with Crippen LogP contribution in [0.15, 0.2) is 18.2 Å². The van der Waals surface area contributed by atoms with Gasteiger partial charge in [0.25, 0.3) is 0 Å². The Morgan fingerprint density at radius 1 is 1.58 bits per heavy atom. The third-order valence-corrected chi connectivity index (χ3v) is 2.64. The molecule has 1 aromatic carbocycles. The zero-order valence-corrected chi connectivity index (χ0v) is 10.8. The molecule has 1 amide bonds. The Labute approximate surface area is 110 Å². The molecule has 0 aliphatic rings. The summed E-state index contributed by atoms with van der Waals surface area (Å²) in [4.78, 5) is 21.5.